The van der Waals surface area contributed by atoms with Crippen molar-refractivity contribution in [1.29, 1.82) is 0 Å². The van der Waals surface area contributed by atoms with E-state index in [2.05, 4.69) is 5.32 Å². The number of ether oxygens (including phenoxy) is 2. The van der Waals surface area contributed by atoms with Gasteiger partial charge in [0.25, 0.3) is 5.91 Å². The van der Waals surface area contributed by atoms with Crippen molar-refractivity contribution in [1.82, 2.24) is 5.32 Å². The molecule has 0 saturated carbocycles. The number of halogens is 1. The van der Waals surface area contributed by atoms with Crippen molar-refractivity contribution >= 4 is 17.5 Å². The summed E-state index contributed by atoms with van der Waals surface area (Å²) in [6.45, 7) is 5.62. The highest BCUT2D eigenvalue weighted by Gasteiger charge is 2.27. The third-order valence-corrected chi connectivity index (χ3v) is 3.84. The lowest BCUT2D eigenvalue weighted by molar-refractivity contribution is -0.0632. The Morgan fingerprint density at radius 2 is 2.35 bits per heavy atom. The van der Waals surface area contributed by atoms with E-state index in [1.54, 1.807) is 12.1 Å². The Balaban J connectivity index is 2.03. The highest BCUT2D eigenvalue weighted by molar-refractivity contribution is 6.31. The van der Waals surface area contributed by atoms with Gasteiger partial charge in [0, 0.05) is 23.8 Å². The van der Waals surface area contributed by atoms with Crippen molar-refractivity contribution in [3.05, 3.63) is 34.3 Å². The summed E-state index contributed by atoms with van der Waals surface area (Å²) in [7, 11) is 0. The van der Waals surface area contributed by atoms with Gasteiger partial charge < -0.3 is 14.8 Å². The molecule has 4 nitrogen and oxygen atoms in total. The van der Waals surface area contributed by atoms with Gasteiger partial charge in [0.1, 0.15) is 6.10 Å². The molecule has 1 fully saturated rings. The van der Waals surface area contributed by atoms with Crippen LogP contribution >= 0.6 is 11.6 Å². The molecule has 20 heavy (non-hydrogen) atoms. The second kappa shape index (κ2) is 7.07. The van der Waals surface area contributed by atoms with Gasteiger partial charge >= 0.3 is 0 Å². The Labute approximate surface area is 124 Å². The molecular weight excluding hydrogens is 278 g/mol. The highest BCUT2D eigenvalue weighted by Crippen LogP contribution is 2.18. The second-order valence-electron chi connectivity index (χ2n) is 4.90. The summed E-state index contributed by atoms with van der Waals surface area (Å²) in [5.41, 5.74) is 1.53. The van der Waals surface area contributed by atoms with Crippen LogP contribution < -0.4 is 5.32 Å². The number of hydrogen-bond acceptors (Lipinski definition) is 3. The number of amides is 1. The fraction of sp³-hybridized carbons (Fsp3) is 0.533. The van der Waals surface area contributed by atoms with Crippen LogP contribution in [-0.2, 0) is 9.47 Å². The maximum Gasteiger partial charge on any atom is 0.251 e. The third-order valence-electron chi connectivity index (χ3n) is 3.44. The standard InChI is InChI=1S/C15H20ClNO3/c1-3-20-14-9-19-7-6-13(14)17-15(18)11-5-4-10(2)12(16)8-11/h4-5,8,13-14H,3,6-7,9H2,1-2H3,(H,17,18)/t13-,14-/m1/s1. The average Bonchev–Trinajstić information content (AvgIpc) is 2.44. The van der Waals surface area contributed by atoms with E-state index in [1.807, 2.05) is 19.9 Å². The summed E-state index contributed by atoms with van der Waals surface area (Å²) in [4.78, 5) is 12.3. The van der Waals surface area contributed by atoms with Gasteiger partial charge in [-0.25, -0.2) is 0 Å². The van der Waals surface area contributed by atoms with Crippen molar-refractivity contribution < 1.29 is 14.3 Å². The summed E-state index contributed by atoms with van der Waals surface area (Å²) >= 11 is 6.05. The molecule has 110 valence electrons. The third kappa shape index (κ3) is 3.72. The topological polar surface area (TPSA) is 47.6 Å². The predicted octanol–water partition coefficient (Wildman–Crippen LogP) is 2.57. The second-order valence-corrected chi connectivity index (χ2v) is 5.31. The van der Waals surface area contributed by atoms with Crippen LogP contribution in [0.25, 0.3) is 0 Å². The van der Waals surface area contributed by atoms with Gasteiger partial charge in [-0.05, 0) is 38.0 Å². The Kier molecular flexibility index (Phi) is 5.40. The van der Waals surface area contributed by atoms with E-state index in [0.29, 0.717) is 30.4 Å². The summed E-state index contributed by atoms with van der Waals surface area (Å²) in [5.74, 6) is -0.122. The molecule has 0 aromatic heterocycles. The Bertz CT molecular complexity index is 476. The number of carbonyl (C=O) groups excluding carboxylic acids is 1. The van der Waals surface area contributed by atoms with Crippen LogP contribution in [0.2, 0.25) is 5.02 Å². The van der Waals surface area contributed by atoms with E-state index in [-0.39, 0.29) is 18.1 Å². The SMILES string of the molecule is CCO[C@@H]1COCC[C@H]1NC(=O)c1ccc(C)c(Cl)c1. The normalized spacial score (nSPS) is 22.6. The smallest absolute Gasteiger partial charge is 0.251 e. The summed E-state index contributed by atoms with van der Waals surface area (Å²) < 4.78 is 11.0. The zero-order valence-electron chi connectivity index (χ0n) is 11.8. The molecule has 1 aliphatic heterocycles. The first-order valence-corrected chi connectivity index (χ1v) is 7.26. The average molecular weight is 298 g/mol. The summed E-state index contributed by atoms with van der Waals surface area (Å²) in [6, 6.07) is 5.31. The van der Waals surface area contributed by atoms with Crippen LogP contribution in [0.3, 0.4) is 0 Å². The molecule has 1 heterocycles. The van der Waals surface area contributed by atoms with Crippen molar-refractivity contribution in [2.75, 3.05) is 19.8 Å². The molecule has 1 N–H and O–H groups in total. The van der Waals surface area contributed by atoms with Crippen molar-refractivity contribution in [3.8, 4) is 0 Å². The number of carbonyl (C=O) groups is 1. The number of aryl methyl sites for hydroxylation is 1. The molecule has 2 atom stereocenters. The summed E-state index contributed by atoms with van der Waals surface area (Å²) in [5, 5.41) is 3.62. The molecule has 1 aromatic carbocycles. The van der Waals surface area contributed by atoms with E-state index in [9.17, 15) is 4.79 Å². The lowest BCUT2D eigenvalue weighted by Gasteiger charge is -2.31. The quantitative estimate of drug-likeness (QED) is 0.929. The first-order chi connectivity index (χ1) is 9.61. The van der Waals surface area contributed by atoms with Crippen molar-refractivity contribution in [2.24, 2.45) is 0 Å². The van der Waals surface area contributed by atoms with E-state index >= 15 is 0 Å². The lowest BCUT2D eigenvalue weighted by atomic mass is 10.0. The number of hydrogen-bond donors (Lipinski definition) is 1. The van der Waals surface area contributed by atoms with E-state index in [4.69, 9.17) is 21.1 Å². The predicted molar refractivity (Wildman–Crippen MR) is 78.3 cm³/mol. The van der Waals surface area contributed by atoms with Gasteiger partial charge in [0.05, 0.1) is 12.6 Å². The van der Waals surface area contributed by atoms with Crippen LogP contribution in [0.1, 0.15) is 29.3 Å². The van der Waals surface area contributed by atoms with Gasteiger partial charge in [0.15, 0.2) is 0 Å². The van der Waals surface area contributed by atoms with Gasteiger partial charge in [-0.1, -0.05) is 17.7 Å². The van der Waals surface area contributed by atoms with E-state index in [0.717, 1.165) is 12.0 Å². The number of nitrogens with one attached hydrogen (secondary N) is 1. The fourth-order valence-electron chi connectivity index (χ4n) is 2.24. The monoisotopic (exact) mass is 297 g/mol. The van der Waals surface area contributed by atoms with E-state index in [1.165, 1.54) is 0 Å². The van der Waals surface area contributed by atoms with Crippen LogP contribution in [0.15, 0.2) is 18.2 Å². The van der Waals surface area contributed by atoms with Crippen molar-refractivity contribution in [2.45, 2.75) is 32.4 Å². The molecule has 1 amide bonds. The minimum Gasteiger partial charge on any atom is -0.379 e. The van der Waals surface area contributed by atoms with Gasteiger partial charge in [-0.3, -0.25) is 4.79 Å². The van der Waals surface area contributed by atoms with Crippen LogP contribution in [0, 0.1) is 6.92 Å². The van der Waals surface area contributed by atoms with Crippen molar-refractivity contribution in [3.63, 3.8) is 0 Å². The molecule has 1 aliphatic rings. The molecule has 0 unspecified atom stereocenters. The lowest BCUT2D eigenvalue weighted by Crippen LogP contribution is -2.50. The Hall–Kier alpha value is -1.10. The van der Waals surface area contributed by atoms with E-state index < -0.39 is 0 Å². The van der Waals surface area contributed by atoms with Crippen LogP contribution in [0.4, 0.5) is 0 Å². The maximum absolute atomic E-state index is 12.3. The molecule has 2 rings (SSSR count). The molecule has 1 saturated heterocycles. The summed E-state index contributed by atoms with van der Waals surface area (Å²) in [6.07, 6.45) is 0.675. The number of rotatable bonds is 4. The fourth-order valence-corrected chi connectivity index (χ4v) is 2.42. The molecule has 1 aromatic rings. The molecular formula is C15H20ClNO3. The Morgan fingerprint density at radius 1 is 1.55 bits per heavy atom. The van der Waals surface area contributed by atoms with Gasteiger partial charge in [-0.2, -0.15) is 0 Å². The minimum absolute atomic E-state index is 0.0173. The molecule has 0 spiro atoms. The Morgan fingerprint density at radius 3 is 3.05 bits per heavy atom. The minimum atomic E-state index is -0.122. The molecule has 0 bridgehead atoms. The van der Waals surface area contributed by atoms with Gasteiger partial charge in [-0.15, -0.1) is 0 Å². The first-order valence-electron chi connectivity index (χ1n) is 6.88. The molecule has 0 aliphatic carbocycles. The molecule has 0 radical (unpaired) electrons. The number of benzene rings is 1. The van der Waals surface area contributed by atoms with Crippen LogP contribution in [-0.4, -0.2) is 37.9 Å². The van der Waals surface area contributed by atoms with Crippen LogP contribution in [0.5, 0.6) is 0 Å². The largest absolute Gasteiger partial charge is 0.379 e. The zero-order valence-corrected chi connectivity index (χ0v) is 12.6. The maximum atomic E-state index is 12.3. The molecule has 5 heteroatoms. The first kappa shape index (κ1) is 15.3. The zero-order chi connectivity index (χ0) is 14.5. The van der Waals surface area contributed by atoms with Gasteiger partial charge in [0.2, 0.25) is 0 Å². The highest BCUT2D eigenvalue weighted by atomic mass is 35.5.